The van der Waals surface area contributed by atoms with Crippen LogP contribution in [0.5, 0.6) is 0 Å². The van der Waals surface area contributed by atoms with Crippen molar-refractivity contribution in [2.24, 2.45) is 0 Å². The fraction of sp³-hybridized carbons (Fsp3) is 0.100. The molecule has 0 aliphatic carbocycles. The molecule has 1 amide bonds. The Hall–Kier alpha value is -3.45. The fourth-order valence-electron chi connectivity index (χ4n) is 2.78. The Bertz CT molecular complexity index is 1090. The van der Waals surface area contributed by atoms with E-state index in [0.29, 0.717) is 17.0 Å². The lowest BCUT2D eigenvalue weighted by Gasteiger charge is -2.22. The number of nitrogens with one attached hydrogen (secondary N) is 1. The summed E-state index contributed by atoms with van der Waals surface area (Å²) in [5.74, 6) is 0.314. The molecule has 4 rings (SSSR count). The van der Waals surface area contributed by atoms with Gasteiger partial charge in [0.05, 0.1) is 12.9 Å². The highest BCUT2D eigenvalue weighted by Gasteiger charge is 2.24. The number of carbonyl (C=O) groups is 1. The van der Waals surface area contributed by atoms with E-state index in [-0.39, 0.29) is 18.4 Å². The Morgan fingerprint density at radius 1 is 1.00 bits per heavy atom. The fourth-order valence-corrected chi connectivity index (χ4v) is 2.94. The van der Waals surface area contributed by atoms with Crippen molar-refractivity contribution in [1.82, 2.24) is 19.9 Å². The van der Waals surface area contributed by atoms with Gasteiger partial charge in [0, 0.05) is 0 Å². The maximum atomic E-state index is 13.0. The number of halogens is 1. The number of carbonyl (C=O) groups excluding carboxylic acids is 1. The number of H-pyrrole nitrogens is 1. The summed E-state index contributed by atoms with van der Waals surface area (Å²) in [5.41, 5.74) is 2.70. The Morgan fingerprint density at radius 3 is 2.39 bits per heavy atom. The van der Waals surface area contributed by atoms with Gasteiger partial charge in [-0.25, -0.2) is 9.78 Å². The van der Waals surface area contributed by atoms with Crippen LogP contribution in [0.1, 0.15) is 11.1 Å². The number of rotatable bonds is 5. The molecule has 2 aromatic carbocycles. The molecule has 28 heavy (non-hydrogen) atoms. The third-order valence-corrected chi connectivity index (χ3v) is 4.27. The second kappa shape index (κ2) is 8.06. The lowest BCUT2D eigenvalue weighted by molar-refractivity contribution is 0.146. The molecule has 0 bridgehead atoms. The first kappa shape index (κ1) is 17.9. The van der Waals surface area contributed by atoms with Crippen molar-refractivity contribution in [3.63, 3.8) is 0 Å². The predicted octanol–water partition coefficient (Wildman–Crippen LogP) is 4.35. The van der Waals surface area contributed by atoms with Crippen molar-refractivity contribution in [2.75, 3.05) is 4.90 Å². The average Bonchev–Trinajstić information content (AvgIpc) is 3.19. The molecular weight excluding hydrogens is 378 g/mol. The van der Waals surface area contributed by atoms with Crippen LogP contribution in [0.15, 0.2) is 67.0 Å². The third kappa shape index (κ3) is 3.94. The minimum Gasteiger partial charge on any atom is -0.444 e. The molecule has 2 heterocycles. The molecule has 0 aliphatic rings. The van der Waals surface area contributed by atoms with Gasteiger partial charge in [-0.1, -0.05) is 60.7 Å². The molecule has 0 fully saturated rings. The lowest BCUT2D eigenvalue weighted by atomic mass is 10.2. The van der Waals surface area contributed by atoms with Crippen molar-refractivity contribution in [2.45, 2.75) is 13.2 Å². The normalized spacial score (nSPS) is 10.8. The van der Waals surface area contributed by atoms with Crippen LogP contribution in [0.25, 0.3) is 11.2 Å². The van der Waals surface area contributed by atoms with E-state index < -0.39 is 6.09 Å². The highest BCUT2D eigenvalue weighted by atomic mass is 35.5. The SMILES string of the molecule is O=C(OCc1ccccc1)N(Cc1ccccc1)c1nc(Cl)nc2nc[nH]c12. The highest BCUT2D eigenvalue weighted by molar-refractivity contribution is 6.28. The Kier molecular flexibility index (Phi) is 5.16. The summed E-state index contributed by atoms with van der Waals surface area (Å²) in [5, 5.41) is 0.00326. The predicted molar refractivity (Wildman–Crippen MR) is 106 cm³/mol. The van der Waals surface area contributed by atoms with Crippen LogP contribution >= 0.6 is 11.6 Å². The molecule has 1 N–H and O–H groups in total. The largest absolute Gasteiger partial charge is 0.444 e. The number of aromatic amines is 1. The number of anilines is 1. The molecule has 0 atom stereocenters. The molecule has 0 saturated carbocycles. The number of imidazole rings is 1. The Labute approximate surface area is 166 Å². The first-order valence-corrected chi connectivity index (χ1v) is 8.97. The average molecular weight is 394 g/mol. The Morgan fingerprint density at radius 2 is 1.68 bits per heavy atom. The van der Waals surface area contributed by atoms with Gasteiger partial charge in [0.25, 0.3) is 0 Å². The summed E-state index contributed by atoms with van der Waals surface area (Å²) in [4.78, 5) is 29.8. The van der Waals surface area contributed by atoms with Crippen molar-refractivity contribution in [3.8, 4) is 0 Å². The summed E-state index contributed by atoms with van der Waals surface area (Å²) in [6.45, 7) is 0.409. The summed E-state index contributed by atoms with van der Waals surface area (Å²) in [7, 11) is 0. The minimum atomic E-state index is -0.543. The topological polar surface area (TPSA) is 84.0 Å². The van der Waals surface area contributed by atoms with Gasteiger partial charge in [-0.15, -0.1) is 0 Å². The number of hydrogen-bond acceptors (Lipinski definition) is 5. The van der Waals surface area contributed by atoms with Gasteiger partial charge in [-0.2, -0.15) is 9.97 Å². The van der Waals surface area contributed by atoms with E-state index in [1.807, 2.05) is 60.7 Å². The number of aromatic nitrogens is 4. The number of nitrogens with zero attached hydrogens (tertiary/aromatic N) is 4. The van der Waals surface area contributed by atoms with Crippen molar-refractivity contribution < 1.29 is 9.53 Å². The van der Waals surface area contributed by atoms with Gasteiger partial charge >= 0.3 is 6.09 Å². The molecule has 8 heteroatoms. The molecule has 0 aliphatic heterocycles. The zero-order valence-electron chi connectivity index (χ0n) is 14.7. The van der Waals surface area contributed by atoms with Gasteiger partial charge in [0.15, 0.2) is 11.5 Å². The van der Waals surface area contributed by atoms with Gasteiger partial charge in [0.2, 0.25) is 5.28 Å². The number of hydrogen-bond donors (Lipinski definition) is 1. The van der Waals surface area contributed by atoms with Gasteiger partial charge in [-0.05, 0) is 22.7 Å². The molecular formula is C20H16ClN5O2. The number of benzene rings is 2. The van der Waals surface area contributed by atoms with Crippen molar-refractivity contribution in [3.05, 3.63) is 83.4 Å². The van der Waals surface area contributed by atoms with Crippen LogP contribution in [-0.2, 0) is 17.9 Å². The van der Waals surface area contributed by atoms with E-state index in [0.717, 1.165) is 11.1 Å². The number of amides is 1. The standard InChI is InChI=1S/C20H16ClN5O2/c21-19-24-17-16(22-13-23-17)18(25-19)26(11-14-7-3-1-4-8-14)20(27)28-12-15-9-5-2-6-10-15/h1-10,13H,11-12H2,(H,22,23,24,25). The van der Waals surface area contributed by atoms with E-state index in [9.17, 15) is 4.79 Å². The van der Waals surface area contributed by atoms with Crippen LogP contribution < -0.4 is 4.90 Å². The van der Waals surface area contributed by atoms with Crippen molar-refractivity contribution in [1.29, 1.82) is 0 Å². The molecule has 2 aromatic heterocycles. The second-order valence-corrected chi connectivity index (χ2v) is 6.37. The Balaban J connectivity index is 1.67. The zero-order chi connectivity index (χ0) is 19.3. The highest BCUT2D eigenvalue weighted by Crippen LogP contribution is 2.25. The van der Waals surface area contributed by atoms with Crippen LogP contribution in [0, 0.1) is 0 Å². The minimum absolute atomic E-state index is 0.00326. The third-order valence-electron chi connectivity index (χ3n) is 4.10. The van der Waals surface area contributed by atoms with E-state index in [1.54, 1.807) is 0 Å². The van der Waals surface area contributed by atoms with E-state index >= 15 is 0 Å². The van der Waals surface area contributed by atoms with Crippen molar-refractivity contribution >= 4 is 34.7 Å². The maximum Gasteiger partial charge on any atom is 0.416 e. The van der Waals surface area contributed by atoms with E-state index in [4.69, 9.17) is 16.3 Å². The van der Waals surface area contributed by atoms with Crippen LogP contribution in [0.4, 0.5) is 10.6 Å². The molecule has 0 saturated heterocycles. The maximum absolute atomic E-state index is 13.0. The molecule has 0 radical (unpaired) electrons. The van der Waals surface area contributed by atoms with Crippen LogP contribution in [0.3, 0.4) is 0 Å². The van der Waals surface area contributed by atoms with E-state index in [1.165, 1.54) is 11.2 Å². The second-order valence-electron chi connectivity index (χ2n) is 6.03. The van der Waals surface area contributed by atoms with Crippen LogP contribution in [0.2, 0.25) is 5.28 Å². The van der Waals surface area contributed by atoms with Gasteiger partial charge < -0.3 is 9.72 Å². The summed E-state index contributed by atoms with van der Waals surface area (Å²) in [6.07, 6.45) is 0.938. The summed E-state index contributed by atoms with van der Waals surface area (Å²) >= 11 is 6.05. The molecule has 4 aromatic rings. The first-order chi connectivity index (χ1) is 13.7. The lowest BCUT2D eigenvalue weighted by Crippen LogP contribution is -2.32. The molecule has 7 nitrogen and oxygen atoms in total. The smallest absolute Gasteiger partial charge is 0.416 e. The van der Waals surface area contributed by atoms with Gasteiger partial charge in [0.1, 0.15) is 12.1 Å². The molecule has 0 spiro atoms. The summed E-state index contributed by atoms with van der Waals surface area (Å²) < 4.78 is 5.53. The van der Waals surface area contributed by atoms with Crippen LogP contribution in [-0.4, -0.2) is 26.0 Å². The quantitative estimate of drug-likeness (QED) is 0.509. The first-order valence-electron chi connectivity index (χ1n) is 8.59. The molecule has 140 valence electrons. The number of ether oxygens (including phenoxy) is 1. The van der Waals surface area contributed by atoms with E-state index in [2.05, 4.69) is 19.9 Å². The number of fused-ring (bicyclic) bond motifs is 1. The molecule has 0 unspecified atom stereocenters. The monoisotopic (exact) mass is 393 g/mol. The van der Waals surface area contributed by atoms with Gasteiger partial charge in [-0.3, -0.25) is 4.90 Å². The summed E-state index contributed by atoms with van der Waals surface area (Å²) in [6, 6.07) is 19.0. The zero-order valence-corrected chi connectivity index (χ0v) is 15.5.